The van der Waals surface area contributed by atoms with Gasteiger partial charge in [-0.15, -0.1) is 11.3 Å². The van der Waals surface area contributed by atoms with Gasteiger partial charge in [0.15, 0.2) is 5.13 Å². The molecule has 0 atom stereocenters. The van der Waals surface area contributed by atoms with Gasteiger partial charge in [0.1, 0.15) is 0 Å². The Bertz CT molecular complexity index is 835. The number of para-hydroxylation sites is 1. The predicted octanol–water partition coefficient (Wildman–Crippen LogP) is 5.87. The lowest BCUT2D eigenvalue weighted by molar-refractivity contribution is 0.262. The summed E-state index contributed by atoms with van der Waals surface area (Å²) in [4.78, 5) is 16.4. The van der Waals surface area contributed by atoms with E-state index >= 15 is 0 Å². The van der Waals surface area contributed by atoms with Crippen LogP contribution in [0.3, 0.4) is 0 Å². The predicted molar refractivity (Wildman–Crippen MR) is 99.3 cm³/mol. The standard InChI is InChI=1S/C16H11BrClN3OS/c17-12-3-1-2-4-13(12)19-15(22)21-16-20-14(9-23-16)10-5-7-11(18)8-6-10/h1-9H,(H2,19,20,21,22). The van der Waals surface area contributed by atoms with Crippen LogP contribution in [-0.4, -0.2) is 11.0 Å². The average Bonchev–Trinajstić information content (AvgIpc) is 2.98. The molecule has 1 aromatic heterocycles. The number of anilines is 2. The summed E-state index contributed by atoms with van der Waals surface area (Å²) in [7, 11) is 0. The molecule has 116 valence electrons. The normalized spacial score (nSPS) is 10.3. The Morgan fingerprint density at radius 3 is 2.57 bits per heavy atom. The number of nitrogens with one attached hydrogen (secondary N) is 2. The maximum Gasteiger partial charge on any atom is 0.325 e. The van der Waals surface area contributed by atoms with Crippen LogP contribution in [0.15, 0.2) is 58.4 Å². The van der Waals surface area contributed by atoms with E-state index in [-0.39, 0.29) is 6.03 Å². The third kappa shape index (κ3) is 4.10. The minimum atomic E-state index is -0.339. The van der Waals surface area contributed by atoms with Crippen LogP contribution in [-0.2, 0) is 0 Å². The number of carbonyl (C=O) groups is 1. The summed E-state index contributed by atoms with van der Waals surface area (Å²) < 4.78 is 0.816. The number of amides is 2. The highest BCUT2D eigenvalue weighted by Crippen LogP contribution is 2.26. The van der Waals surface area contributed by atoms with Crippen molar-refractivity contribution in [3.8, 4) is 11.3 Å². The van der Waals surface area contributed by atoms with Gasteiger partial charge in [-0.05, 0) is 40.2 Å². The zero-order chi connectivity index (χ0) is 16.2. The lowest BCUT2D eigenvalue weighted by Crippen LogP contribution is -2.19. The van der Waals surface area contributed by atoms with Crippen LogP contribution in [0.5, 0.6) is 0 Å². The minimum Gasteiger partial charge on any atom is -0.307 e. The molecule has 0 aliphatic heterocycles. The summed E-state index contributed by atoms with van der Waals surface area (Å²) in [6.07, 6.45) is 0. The van der Waals surface area contributed by atoms with E-state index in [9.17, 15) is 4.79 Å². The fourth-order valence-electron chi connectivity index (χ4n) is 1.90. The fourth-order valence-corrected chi connectivity index (χ4v) is 3.12. The van der Waals surface area contributed by atoms with Crippen LogP contribution in [0.1, 0.15) is 0 Å². The van der Waals surface area contributed by atoms with E-state index in [1.54, 1.807) is 0 Å². The van der Waals surface area contributed by atoms with Crippen molar-refractivity contribution in [3.05, 3.63) is 63.4 Å². The number of benzene rings is 2. The highest BCUT2D eigenvalue weighted by atomic mass is 79.9. The molecule has 2 amide bonds. The molecule has 2 N–H and O–H groups in total. The summed E-state index contributed by atoms with van der Waals surface area (Å²) in [5.41, 5.74) is 2.44. The monoisotopic (exact) mass is 407 g/mol. The first-order chi connectivity index (χ1) is 11.1. The Labute approximate surface area is 150 Å². The smallest absolute Gasteiger partial charge is 0.307 e. The molecule has 0 fully saturated rings. The number of carbonyl (C=O) groups excluding carboxylic acids is 1. The van der Waals surface area contributed by atoms with Crippen molar-refractivity contribution >= 4 is 55.7 Å². The van der Waals surface area contributed by atoms with Crippen molar-refractivity contribution in [1.82, 2.24) is 4.98 Å². The molecular weight excluding hydrogens is 398 g/mol. The van der Waals surface area contributed by atoms with E-state index < -0.39 is 0 Å². The zero-order valence-electron chi connectivity index (χ0n) is 11.7. The van der Waals surface area contributed by atoms with E-state index in [0.717, 1.165) is 15.7 Å². The van der Waals surface area contributed by atoms with E-state index in [1.807, 2.05) is 53.9 Å². The zero-order valence-corrected chi connectivity index (χ0v) is 14.9. The van der Waals surface area contributed by atoms with E-state index in [0.29, 0.717) is 15.8 Å². The molecule has 4 nitrogen and oxygen atoms in total. The van der Waals surface area contributed by atoms with Crippen LogP contribution in [0.2, 0.25) is 5.02 Å². The highest BCUT2D eigenvalue weighted by Gasteiger charge is 2.09. The van der Waals surface area contributed by atoms with Crippen LogP contribution in [0.25, 0.3) is 11.3 Å². The van der Waals surface area contributed by atoms with Crippen LogP contribution in [0, 0.1) is 0 Å². The molecule has 2 aromatic carbocycles. The van der Waals surface area contributed by atoms with Gasteiger partial charge in [-0.1, -0.05) is 35.9 Å². The molecule has 7 heteroatoms. The molecule has 0 bridgehead atoms. The van der Waals surface area contributed by atoms with E-state index in [4.69, 9.17) is 11.6 Å². The van der Waals surface area contributed by atoms with Crippen LogP contribution < -0.4 is 10.6 Å². The molecule has 0 spiro atoms. The Morgan fingerprint density at radius 1 is 1.09 bits per heavy atom. The second kappa shape index (κ2) is 7.12. The number of hydrogen-bond donors (Lipinski definition) is 2. The molecular formula is C16H11BrClN3OS. The van der Waals surface area contributed by atoms with Gasteiger partial charge < -0.3 is 5.32 Å². The molecule has 3 rings (SSSR count). The van der Waals surface area contributed by atoms with Crippen molar-refractivity contribution in [2.45, 2.75) is 0 Å². The number of hydrogen-bond acceptors (Lipinski definition) is 3. The maximum atomic E-state index is 12.0. The first-order valence-corrected chi connectivity index (χ1v) is 8.71. The van der Waals surface area contributed by atoms with Crippen LogP contribution in [0.4, 0.5) is 15.6 Å². The Morgan fingerprint density at radius 2 is 1.83 bits per heavy atom. The average molecular weight is 409 g/mol. The molecule has 0 aliphatic rings. The van der Waals surface area contributed by atoms with Crippen molar-refractivity contribution in [2.75, 3.05) is 10.6 Å². The van der Waals surface area contributed by atoms with E-state index in [1.165, 1.54) is 11.3 Å². The molecule has 0 radical (unpaired) electrons. The highest BCUT2D eigenvalue weighted by molar-refractivity contribution is 9.10. The maximum absolute atomic E-state index is 12.0. The topological polar surface area (TPSA) is 54.0 Å². The van der Waals surface area contributed by atoms with Gasteiger partial charge in [-0.3, -0.25) is 5.32 Å². The summed E-state index contributed by atoms with van der Waals surface area (Å²) >= 11 is 10.6. The van der Waals surface area contributed by atoms with Gasteiger partial charge in [0.25, 0.3) is 0 Å². The number of rotatable bonds is 3. The summed E-state index contributed by atoms with van der Waals surface area (Å²) in [6.45, 7) is 0. The van der Waals surface area contributed by atoms with Gasteiger partial charge in [0.2, 0.25) is 0 Å². The van der Waals surface area contributed by atoms with Gasteiger partial charge in [0, 0.05) is 20.4 Å². The van der Waals surface area contributed by atoms with Crippen LogP contribution >= 0.6 is 38.9 Å². The largest absolute Gasteiger partial charge is 0.325 e. The number of urea groups is 1. The molecule has 0 saturated heterocycles. The van der Waals surface area contributed by atoms with Crippen molar-refractivity contribution in [2.24, 2.45) is 0 Å². The first kappa shape index (κ1) is 16.0. The Kier molecular flexibility index (Phi) is 4.95. The third-order valence-electron chi connectivity index (χ3n) is 2.99. The lowest BCUT2D eigenvalue weighted by atomic mass is 10.2. The molecule has 0 saturated carbocycles. The molecule has 0 unspecified atom stereocenters. The summed E-state index contributed by atoms with van der Waals surface area (Å²) in [5, 5.41) is 8.59. The van der Waals surface area contributed by atoms with Crippen molar-refractivity contribution < 1.29 is 4.79 Å². The SMILES string of the molecule is O=C(Nc1nc(-c2ccc(Cl)cc2)cs1)Nc1ccccc1Br. The fraction of sp³-hybridized carbons (Fsp3) is 0. The second-order valence-electron chi connectivity index (χ2n) is 4.60. The van der Waals surface area contributed by atoms with Gasteiger partial charge in [0.05, 0.1) is 11.4 Å². The number of nitrogens with zero attached hydrogens (tertiary/aromatic N) is 1. The molecule has 1 heterocycles. The number of aromatic nitrogens is 1. The number of thiazole rings is 1. The first-order valence-electron chi connectivity index (χ1n) is 6.66. The van der Waals surface area contributed by atoms with Gasteiger partial charge >= 0.3 is 6.03 Å². The molecule has 23 heavy (non-hydrogen) atoms. The lowest BCUT2D eigenvalue weighted by Gasteiger charge is -2.06. The molecule has 0 aliphatic carbocycles. The number of halogens is 2. The van der Waals surface area contributed by atoms with Gasteiger partial charge in [-0.25, -0.2) is 9.78 Å². The van der Waals surface area contributed by atoms with Crippen molar-refractivity contribution in [3.63, 3.8) is 0 Å². The Hall–Kier alpha value is -1.89. The second-order valence-corrected chi connectivity index (χ2v) is 6.75. The molecule has 3 aromatic rings. The Balaban J connectivity index is 1.68. The minimum absolute atomic E-state index is 0.339. The summed E-state index contributed by atoms with van der Waals surface area (Å²) in [5.74, 6) is 0. The quantitative estimate of drug-likeness (QED) is 0.569. The summed E-state index contributed by atoms with van der Waals surface area (Å²) in [6, 6.07) is 14.5. The van der Waals surface area contributed by atoms with Crippen molar-refractivity contribution in [1.29, 1.82) is 0 Å². The van der Waals surface area contributed by atoms with E-state index in [2.05, 4.69) is 31.5 Å². The third-order valence-corrected chi connectivity index (χ3v) is 4.69. The van der Waals surface area contributed by atoms with Gasteiger partial charge in [-0.2, -0.15) is 0 Å².